The highest BCUT2D eigenvalue weighted by molar-refractivity contribution is 5.97. The van der Waals surface area contributed by atoms with E-state index in [0.717, 1.165) is 12.0 Å². The smallest absolute Gasteiger partial charge is 0.163 e. The molecule has 0 unspecified atom stereocenters. The first-order chi connectivity index (χ1) is 9.36. The number of aliphatic hydroxyl groups is 1. The molecule has 0 aliphatic heterocycles. The molecule has 1 rings (SSSR count). The fourth-order valence-corrected chi connectivity index (χ4v) is 1.85. The van der Waals surface area contributed by atoms with Gasteiger partial charge in [0, 0.05) is 11.3 Å². The number of carbonyl (C=O) groups is 1. The van der Waals surface area contributed by atoms with E-state index in [9.17, 15) is 9.90 Å². The van der Waals surface area contributed by atoms with Crippen LogP contribution in [0.3, 0.4) is 0 Å². The van der Waals surface area contributed by atoms with Crippen LogP contribution in [0.5, 0.6) is 0 Å². The van der Waals surface area contributed by atoms with Gasteiger partial charge >= 0.3 is 0 Å². The molecule has 3 heteroatoms. The highest BCUT2D eigenvalue weighted by atomic mass is 16.3. The molecule has 0 saturated carbocycles. The number of ketones is 1. The van der Waals surface area contributed by atoms with E-state index in [0.29, 0.717) is 11.3 Å². The lowest BCUT2D eigenvalue weighted by Crippen LogP contribution is -2.05. The second kappa shape index (κ2) is 6.75. The summed E-state index contributed by atoms with van der Waals surface area (Å²) < 4.78 is 0. The second-order valence-corrected chi connectivity index (χ2v) is 4.77. The predicted octanol–water partition coefficient (Wildman–Crippen LogP) is 3.64. The summed E-state index contributed by atoms with van der Waals surface area (Å²) in [5.74, 6) is -0.266. The minimum atomic E-state index is -0.215. The summed E-state index contributed by atoms with van der Waals surface area (Å²) >= 11 is 0. The third-order valence-corrected chi connectivity index (χ3v) is 3.08. The van der Waals surface area contributed by atoms with E-state index in [-0.39, 0.29) is 17.1 Å². The number of hydrogen-bond acceptors (Lipinski definition) is 3. The van der Waals surface area contributed by atoms with E-state index in [1.54, 1.807) is 13.0 Å². The average Bonchev–Trinajstić information content (AvgIpc) is 2.57. The van der Waals surface area contributed by atoms with Crippen molar-refractivity contribution in [2.45, 2.75) is 27.2 Å². The van der Waals surface area contributed by atoms with Crippen LogP contribution in [-0.2, 0) is 4.79 Å². The highest BCUT2D eigenvalue weighted by Crippen LogP contribution is 2.23. The maximum absolute atomic E-state index is 11.6. The first-order valence-electron chi connectivity index (χ1n) is 6.47. The molecular formula is C17H21NO2. The van der Waals surface area contributed by atoms with Gasteiger partial charge < -0.3 is 10.8 Å². The third kappa shape index (κ3) is 3.85. The Morgan fingerprint density at radius 2 is 2.10 bits per heavy atom. The molecule has 0 aromatic heterocycles. The summed E-state index contributed by atoms with van der Waals surface area (Å²) in [6.07, 6.45) is 9.61. The van der Waals surface area contributed by atoms with E-state index in [1.165, 1.54) is 18.6 Å². The third-order valence-electron chi connectivity index (χ3n) is 3.08. The summed E-state index contributed by atoms with van der Waals surface area (Å²) in [6.45, 7) is 9.05. The molecular weight excluding hydrogens is 250 g/mol. The molecule has 0 bridgehead atoms. The number of nitrogens with two attached hydrogens (primary N) is 1. The lowest BCUT2D eigenvalue weighted by atomic mass is 9.98. The number of allylic oxidation sites excluding steroid dienone is 8. The maximum Gasteiger partial charge on any atom is 0.163 e. The minimum absolute atomic E-state index is 0.0512. The summed E-state index contributed by atoms with van der Waals surface area (Å²) in [4.78, 5) is 11.6. The number of aliphatic hydroxyl groups excluding tert-OH is 1. The van der Waals surface area contributed by atoms with Crippen molar-refractivity contribution in [1.82, 2.24) is 0 Å². The zero-order valence-electron chi connectivity index (χ0n) is 12.2. The molecule has 0 atom stereocenters. The van der Waals surface area contributed by atoms with E-state index in [2.05, 4.69) is 6.58 Å². The monoisotopic (exact) mass is 271 g/mol. The van der Waals surface area contributed by atoms with Crippen molar-refractivity contribution in [1.29, 1.82) is 0 Å². The molecule has 3 N–H and O–H groups in total. The van der Waals surface area contributed by atoms with Gasteiger partial charge in [-0.05, 0) is 51.0 Å². The molecule has 0 amide bonds. The van der Waals surface area contributed by atoms with Crippen LogP contribution < -0.4 is 5.73 Å². The van der Waals surface area contributed by atoms with Gasteiger partial charge in [-0.25, -0.2) is 0 Å². The van der Waals surface area contributed by atoms with Gasteiger partial charge in [-0.1, -0.05) is 24.3 Å². The van der Waals surface area contributed by atoms with Crippen LogP contribution in [0, 0.1) is 0 Å². The van der Waals surface area contributed by atoms with Gasteiger partial charge in [-0.3, -0.25) is 4.79 Å². The Kier molecular flexibility index (Phi) is 5.32. The van der Waals surface area contributed by atoms with Crippen LogP contribution >= 0.6 is 0 Å². The number of hydrogen-bond donors (Lipinski definition) is 2. The lowest BCUT2D eigenvalue weighted by molar-refractivity contribution is -0.113. The fraction of sp³-hybridized carbons (Fsp3) is 0.235. The molecule has 0 heterocycles. The van der Waals surface area contributed by atoms with Gasteiger partial charge in [0.15, 0.2) is 5.78 Å². The predicted molar refractivity (Wildman–Crippen MR) is 83.0 cm³/mol. The molecule has 1 aliphatic carbocycles. The lowest BCUT2D eigenvalue weighted by Gasteiger charge is -2.09. The van der Waals surface area contributed by atoms with Crippen LogP contribution in [0.15, 0.2) is 70.7 Å². The van der Waals surface area contributed by atoms with Crippen molar-refractivity contribution in [2.24, 2.45) is 5.73 Å². The standard InChI is InChI=1S/C17H21NO2/c1-5-17(20)15(13(4)19)10-12(3)14-8-6-11(2)7-9-16(14)18/h5,7-10,20H,3,6,18H2,1-2,4H3/b15-10-,17-5+. The number of carbonyl (C=O) groups excluding carboxylic acids is 1. The largest absolute Gasteiger partial charge is 0.508 e. The van der Waals surface area contributed by atoms with E-state index < -0.39 is 0 Å². The van der Waals surface area contributed by atoms with Crippen molar-refractivity contribution in [3.63, 3.8) is 0 Å². The van der Waals surface area contributed by atoms with Crippen LogP contribution in [0.2, 0.25) is 0 Å². The fourth-order valence-electron chi connectivity index (χ4n) is 1.85. The molecule has 0 saturated heterocycles. The van der Waals surface area contributed by atoms with Gasteiger partial charge in [0.05, 0.1) is 5.57 Å². The average molecular weight is 271 g/mol. The van der Waals surface area contributed by atoms with Crippen molar-refractivity contribution in [3.8, 4) is 0 Å². The van der Waals surface area contributed by atoms with Gasteiger partial charge in [-0.2, -0.15) is 0 Å². The summed E-state index contributed by atoms with van der Waals surface area (Å²) in [6, 6.07) is 0. The van der Waals surface area contributed by atoms with Gasteiger partial charge in [0.25, 0.3) is 0 Å². The molecule has 0 fully saturated rings. The molecule has 3 nitrogen and oxygen atoms in total. The Labute approximate surface area is 120 Å². The molecule has 20 heavy (non-hydrogen) atoms. The molecule has 106 valence electrons. The van der Waals surface area contributed by atoms with Crippen molar-refractivity contribution < 1.29 is 9.90 Å². The summed E-state index contributed by atoms with van der Waals surface area (Å²) in [5.41, 5.74) is 9.44. The Balaban J connectivity index is 3.15. The molecule has 0 aromatic rings. The first kappa shape index (κ1) is 15.8. The summed E-state index contributed by atoms with van der Waals surface area (Å²) in [5, 5.41) is 9.75. The molecule has 1 aliphatic rings. The van der Waals surface area contributed by atoms with Crippen LogP contribution in [0.1, 0.15) is 27.2 Å². The van der Waals surface area contributed by atoms with Crippen LogP contribution in [0.25, 0.3) is 0 Å². The highest BCUT2D eigenvalue weighted by Gasteiger charge is 2.12. The summed E-state index contributed by atoms with van der Waals surface area (Å²) in [7, 11) is 0. The normalized spacial score (nSPS) is 16.9. The second-order valence-electron chi connectivity index (χ2n) is 4.77. The van der Waals surface area contributed by atoms with E-state index in [4.69, 9.17) is 5.73 Å². The van der Waals surface area contributed by atoms with Gasteiger partial charge in [0.2, 0.25) is 0 Å². The maximum atomic E-state index is 11.6. The van der Waals surface area contributed by atoms with Crippen LogP contribution in [0.4, 0.5) is 0 Å². The van der Waals surface area contributed by atoms with E-state index >= 15 is 0 Å². The zero-order valence-corrected chi connectivity index (χ0v) is 12.2. The topological polar surface area (TPSA) is 63.3 Å². The molecule has 0 spiro atoms. The van der Waals surface area contributed by atoms with Crippen LogP contribution in [-0.4, -0.2) is 10.9 Å². The van der Waals surface area contributed by atoms with Crippen molar-refractivity contribution >= 4 is 5.78 Å². The van der Waals surface area contributed by atoms with Crippen molar-refractivity contribution in [3.05, 3.63) is 70.7 Å². The van der Waals surface area contributed by atoms with Gasteiger partial charge in [-0.15, -0.1) is 0 Å². The quantitative estimate of drug-likeness (QED) is 0.466. The number of rotatable bonds is 4. The Hall–Kier alpha value is -2.29. The Morgan fingerprint density at radius 1 is 1.45 bits per heavy atom. The SMILES string of the molecule is C=C(/C=C(C(C)=O)\C(O)=C/C)C1=CCC(C)=CC=C1N. The van der Waals surface area contributed by atoms with E-state index in [1.807, 2.05) is 25.2 Å². The minimum Gasteiger partial charge on any atom is -0.508 e. The zero-order chi connectivity index (χ0) is 15.3. The molecule has 0 aromatic carbocycles. The number of Topliss-reactive ketones (excluding diaryl/α,β-unsaturated/α-hetero) is 1. The molecule has 0 radical (unpaired) electrons. The Bertz CT molecular complexity index is 584. The first-order valence-corrected chi connectivity index (χ1v) is 6.47. The Morgan fingerprint density at radius 3 is 2.65 bits per heavy atom. The van der Waals surface area contributed by atoms with Crippen molar-refractivity contribution in [2.75, 3.05) is 0 Å². The van der Waals surface area contributed by atoms with Gasteiger partial charge in [0.1, 0.15) is 5.76 Å².